The molecule has 2 unspecified atom stereocenters. The molecule has 3 heterocycles. The zero-order chi connectivity index (χ0) is 20.3. The molecule has 2 fully saturated rings. The molecule has 2 aliphatic heterocycles. The second-order valence-electron chi connectivity index (χ2n) is 8.08. The second kappa shape index (κ2) is 6.83. The molecule has 0 spiro atoms. The van der Waals surface area contributed by atoms with Crippen molar-refractivity contribution in [1.29, 1.82) is 0 Å². The van der Waals surface area contributed by atoms with Gasteiger partial charge < -0.3 is 10.5 Å². The molecule has 0 bridgehead atoms. The molecule has 1 aliphatic carbocycles. The van der Waals surface area contributed by atoms with E-state index in [2.05, 4.69) is 10.00 Å². The Hall–Kier alpha value is -1.88. The van der Waals surface area contributed by atoms with Crippen molar-refractivity contribution in [2.75, 3.05) is 6.61 Å². The van der Waals surface area contributed by atoms with Crippen LogP contribution in [0.25, 0.3) is 0 Å². The monoisotopic (exact) mass is 424 g/mol. The summed E-state index contributed by atoms with van der Waals surface area (Å²) < 4.78 is 59.8. The zero-order valence-electron chi connectivity index (χ0n) is 15.7. The predicted molar refractivity (Wildman–Crippen MR) is 100 cm³/mol. The van der Waals surface area contributed by atoms with Crippen LogP contribution in [0.1, 0.15) is 42.2 Å². The molecular weight excluding hydrogens is 402 g/mol. The molecule has 2 N–H and O–H groups in total. The fourth-order valence-corrected chi connectivity index (χ4v) is 5.96. The van der Waals surface area contributed by atoms with Crippen LogP contribution >= 0.6 is 0 Å². The van der Waals surface area contributed by atoms with E-state index in [0.717, 1.165) is 23.8 Å². The Morgan fingerprint density at radius 3 is 2.72 bits per heavy atom. The highest BCUT2D eigenvalue weighted by Gasteiger charge is 2.42. The molecular formula is C19H22F2N4O3S. The van der Waals surface area contributed by atoms with Crippen LogP contribution in [0.2, 0.25) is 0 Å². The number of rotatable bonds is 4. The van der Waals surface area contributed by atoms with Crippen LogP contribution < -0.4 is 5.73 Å². The first kappa shape index (κ1) is 19.1. The fraction of sp³-hybridized carbons (Fsp3) is 0.526. The molecule has 1 saturated heterocycles. The van der Waals surface area contributed by atoms with E-state index < -0.39 is 33.8 Å². The van der Waals surface area contributed by atoms with Gasteiger partial charge in [0.25, 0.3) is 10.0 Å². The smallest absolute Gasteiger partial charge is 0.256 e. The van der Waals surface area contributed by atoms with E-state index in [-0.39, 0.29) is 16.9 Å². The van der Waals surface area contributed by atoms with Crippen molar-refractivity contribution >= 4 is 10.0 Å². The molecule has 3 aliphatic rings. The number of benzene rings is 1. The molecule has 5 rings (SSSR count). The Balaban J connectivity index is 1.30. The molecule has 1 aromatic heterocycles. The lowest BCUT2D eigenvalue weighted by molar-refractivity contribution is -0.0533. The van der Waals surface area contributed by atoms with Gasteiger partial charge in [0.05, 0.1) is 23.7 Å². The van der Waals surface area contributed by atoms with Gasteiger partial charge in [0.1, 0.15) is 17.7 Å². The molecule has 1 aromatic carbocycles. The molecule has 0 amide bonds. The van der Waals surface area contributed by atoms with E-state index in [1.807, 2.05) is 0 Å². The average molecular weight is 424 g/mol. The van der Waals surface area contributed by atoms with Gasteiger partial charge in [-0.3, -0.25) is 4.90 Å². The fourth-order valence-electron chi connectivity index (χ4n) is 4.29. The summed E-state index contributed by atoms with van der Waals surface area (Å²) in [6.45, 7) is 1.32. The minimum absolute atomic E-state index is 0.0395. The van der Waals surface area contributed by atoms with Gasteiger partial charge >= 0.3 is 0 Å². The number of hydrogen-bond donors (Lipinski definition) is 1. The lowest BCUT2D eigenvalue weighted by Crippen LogP contribution is -2.48. The summed E-state index contributed by atoms with van der Waals surface area (Å²) >= 11 is 0. The lowest BCUT2D eigenvalue weighted by Gasteiger charge is -2.38. The van der Waals surface area contributed by atoms with Gasteiger partial charge in [0.15, 0.2) is 0 Å². The van der Waals surface area contributed by atoms with Crippen molar-refractivity contribution < 1.29 is 21.9 Å². The van der Waals surface area contributed by atoms with Crippen LogP contribution in [0.5, 0.6) is 0 Å². The Labute approximate surface area is 167 Å². The van der Waals surface area contributed by atoms with E-state index in [1.165, 1.54) is 4.09 Å². The normalized spacial score (nSPS) is 27.9. The van der Waals surface area contributed by atoms with Crippen LogP contribution in [0.4, 0.5) is 8.78 Å². The Morgan fingerprint density at radius 1 is 1.21 bits per heavy atom. The largest absolute Gasteiger partial charge is 0.370 e. The van der Waals surface area contributed by atoms with Gasteiger partial charge in [-0.05, 0) is 37.5 Å². The maximum absolute atomic E-state index is 14.1. The zero-order valence-corrected chi connectivity index (χ0v) is 16.5. The molecule has 0 radical (unpaired) electrons. The number of nitrogens with zero attached hydrogens (tertiary/aromatic N) is 3. The number of fused-ring (bicyclic) bond motifs is 1. The van der Waals surface area contributed by atoms with E-state index >= 15 is 0 Å². The van der Waals surface area contributed by atoms with Gasteiger partial charge in [-0.1, -0.05) is 0 Å². The lowest BCUT2D eigenvalue weighted by atomic mass is 9.93. The number of aromatic nitrogens is 2. The number of ether oxygens (including phenoxy) is 1. The number of nitrogens with two attached hydrogens (primary N) is 1. The average Bonchev–Trinajstić information content (AvgIpc) is 3.35. The molecule has 156 valence electrons. The van der Waals surface area contributed by atoms with Gasteiger partial charge in [-0.15, -0.1) is 0 Å². The molecule has 1 saturated carbocycles. The summed E-state index contributed by atoms with van der Waals surface area (Å²) in [6, 6.07) is 2.73. The van der Waals surface area contributed by atoms with Crippen molar-refractivity contribution in [3.63, 3.8) is 0 Å². The quantitative estimate of drug-likeness (QED) is 0.803. The first-order valence-corrected chi connectivity index (χ1v) is 11.2. The number of hydrogen-bond acceptors (Lipinski definition) is 6. The third kappa shape index (κ3) is 3.27. The van der Waals surface area contributed by atoms with Crippen molar-refractivity contribution in [3.05, 3.63) is 52.9 Å². The standard InChI is InChI=1S/C19H22F2N4O3S/c20-12-1-4-16(21)15(5-12)19-17(22)6-13(10-28-19)24-8-11-7-23-25(18(11)9-24)29(26,27)14-2-3-14/h1,4-5,7,13-14,17,19H,2-3,6,8-10,22H2/t13?,17?,19-/m1/s1. The third-order valence-electron chi connectivity index (χ3n) is 6.02. The van der Waals surface area contributed by atoms with E-state index in [9.17, 15) is 17.2 Å². The predicted octanol–water partition coefficient (Wildman–Crippen LogP) is 1.67. The van der Waals surface area contributed by atoms with Gasteiger partial charge in [-0.25, -0.2) is 17.2 Å². The maximum Gasteiger partial charge on any atom is 0.256 e. The molecule has 7 nitrogen and oxygen atoms in total. The van der Waals surface area contributed by atoms with Gasteiger partial charge in [-0.2, -0.15) is 9.19 Å². The third-order valence-corrected chi connectivity index (χ3v) is 8.13. The van der Waals surface area contributed by atoms with Crippen LogP contribution in [0, 0.1) is 11.6 Å². The topological polar surface area (TPSA) is 90.5 Å². The van der Waals surface area contributed by atoms with Crippen molar-refractivity contribution in [2.45, 2.75) is 55.8 Å². The second-order valence-corrected chi connectivity index (χ2v) is 10.1. The minimum atomic E-state index is -3.42. The highest BCUT2D eigenvalue weighted by molar-refractivity contribution is 7.90. The first-order chi connectivity index (χ1) is 13.8. The maximum atomic E-state index is 14.1. The molecule has 3 atom stereocenters. The summed E-state index contributed by atoms with van der Waals surface area (Å²) in [6.07, 6.45) is 2.81. The van der Waals surface area contributed by atoms with E-state index in [4.69, 9.17) is 10.5 Å². The van der Waals surface area contributed by atoms with E-state index in [0.29, 0.717) is 44.7 Å². The van der Waals surface area contributed by atoms with Crippen LogP contribution in [-0.4, -0.2) is 46.4 Å². The minimum Gasteiger partial charge on any atom is -0.370 e. The Kier molecular flexibility index (Phi) is 4.50. The molecule has 10 heteroatoms. The summed E-state index contributed by atoms with van der Waals surface area (Å²) in [7, 11) is -3.42. The summed E-state index contributed by atoms with van der Waals surface area (Å²) in [5, 5.41) is 3.78. The van der Waals surface area contributed by atoms with Crippen LogP contribution in [0.15, 0.2) is 24.4 Å². The van der Waals surface area contributed by atoms with Crippen molar-refractivity contribution in [3.8, 4) is 0 Å². The number of halogens is 2. The Bertz CT molecular complexity index is 1050. The van der Waals surface area contributed by atoms with E-state index in [1.54, 1.807) is 6.20 Å². The highest BCUT2D eigenvalue weighted by atomic mass is 32.2. The summed E-state index contributed by atoms with van der Waals surface area (Å²) in [5.74, 6) is -1.07. The van der Waals surface area contributed by atoms with Crippen molar-refractivity contribution in [1.82, 2.24) is 14.1 Å². The molecule has 2 aromatic rings. The van der Waals surface area contributed by atoms with Crippen LogP contribution in [0.3, 0.4) is 0 Å². The summed E-state index contributed by atoms with van der Waals surface area (Å²) in [4.78, 5) is 2.11. The van der Waals surface area contributed by atoms with Gasteiger partial charge in [0, 0.05) is 36.3 Å². The highest BCUT2D eigenvalue weighted by Crippen LogP contribution is 2.36. The summed E-state index contributed by atoms with van der Waals surface area (Å²) in [5.41, 5.74) is 7.98. The van der Waals surface area contributed by atoms with Gasteiger partial charge in [0.2, 0.25) is 0 Å². The first-order valence-electron chi connectivity index (χ1n) is 9.71. The SMILES string of the molecule is NC1CC(N2Cc3cnn(S(=O)(=O)C4CC4)c3C2)CO[C@@H]1c1cc(F)ccc1F. The molecule has 29 heavy (non-hydrogen) atoms. The van der Waals surface area contributed by atoms with Crippen molar-refractivity contribution in [2.24, 2.45) is 5.73 Å². The van der Waals surface area contributed by atoms with Crippen LogP contribution in [-0.2, 0) is 27.8 Å². The Morgan fingerprint density at radius 2 is 2.00 bits per heavy atom.